The Labute approximate surface area is 456 Å². The summed E-state index contributed by atoms with van der Waals surface area (Å²) in [5.74, 6) is 0.859. The van der Waals surface area contributed by atoms with Crippen LogP contribution in [0.2, 0.25) is 0 Å². The second kappa shape index (κ2) is 54.5. The minimum atomic E-state index is 0. The molecule has 7 fully saturated rings. The van der Waals surface area contributed by atoms with E-state index in [1.54, 1.807) is 0 Å². The number of hydrogen-bond acceptors (Lipinski definition) is 4. The number of allylic oxidation sites excluding steroid dienone is 2. The van der Waals surface area contributed by atoms with Gasteiger partial charge in [0.05, 0.1) is 0 Å². The van der Waals surface area contributed by atoms with E-state index < -0.39 is 0 Å². The molecule has 0 N–H and O–H groups in total. The molecule has 392 valence electrons. The van der Waals surface area contributed by atoms with Gasteiger partial charge in [0.2, 0.25) is 0 Å². The fraction of sp³-hybridized carbons (Fsp3) is 0.818. The van der Waals surface area contributed by atoms with Gasteiger partial charge in [-0.1, -0.05) is 147 Å². The van der Waals surface area contributed by atoms with Gasteiger partial charge in [0.25, 0.3) is 0 Å². The van der Waals surface area contributed by atoms with Crippen molar-refractivity contribution in [2.24, 2.45) is 0 Å². The molecule has 21 heteroatoms. The molecule has 7 atom stereocenters. The number of nitrogens with zero attached hydrogens (tertiary/aromatic N) is 16. The van der Waals surface area contributed by atoms with Crippen LogP contribution in [0, 0.1) is 47.3 Å². The van der Waals surface area contributed by atoms with E-state index in [0.29, 0.717) is 0 Å². The van der Waals surface area contributed by atoms with Gasteiger partial charge in [-0.2, -0.15) is 0 Å². The molecule has 0 spiro atoms. The minimum Gasteiger partial charge on any atom is -0.718 e. The van der Waals surface area contributed by atoms with Crippen molar-refractivity contribution in [2.75, 3.05) is 52.4 Å². The third kappa shape index (κ3) is 38.1. The van der Waals surface area contributed by atoms with Crippen molar-refractivity contribution in [3.05, 3.63) is 114 Å². The first-order chi connectivity index (χ1) is 29.8. The van der Waals surface area contributed by atoms with E-state index in [4.69, 9.17) is 47.3 Å². The molecule has 8 aliphatic heterocycles. The number of rotatable bonds is 8. The molecule has 0 bridgehead atoms. The van der Waals surface area contributed by atoms with Crippen LogP contribution in [-0.2, 0) is 94.2 Å². The summed E-state index contributed by atoms with van der Waals surface area (Å²) in [7, 11) is 0. The maximum atomic E-state index is 6.25. The Morgan fingerprint density at radius 1 is 0.369 bits per heavy atom. The fourth-order valence-corrected chi connectivity index (χ4v) is 7.47. The first-order valence-corrected chi connectivity index (χ1v) is 22.2. The molecule has 7 saturated heterocycles. The smallest absolute Gasteiger partial charge is 0 e. The second-order valence-corrected chi connectivity index (χ2v) is 15.0. The maximum absolute atomic E-state index is 6.25. The number of hydrogen-bond donors (Lipinski definition) is 0. The molecule has 0 saturated carbocycles. The van der Waals surface area contributed by atoms with Crippen LogP contribution in [0.25, 0.3) is 63.8 Å². The molecule has 65 heavy (non-hydrogen) atoms. The van der Waals surface area contributed by atoms with Gasteiger partial charge in [-0.05, 0) is 0 Å². The summed E-state index contributed by atoms with van der Waals surface area (Å²) in [5, 5.41) is 79.1. The van der Waals surface area contributed by atoms with E-state index in [2.05, 4.69) is 63.8 Å². The summed E-state index contributed by atoms with van der Waals surface area (Å²) in [6, 6.07) is 0. The van der Waals surface area contributed by atoms with Gasteiger partial charge in [-0.15, -0.1) is 58.4 Å². The van der Waals surface area contributed by atoms with Crippen molar-refractivity contribution in [2.45, 2.75) is 178 Å². The van der Waals surface area contributed by atoms with Gasteiger partial charge < -0.3 is 111 Å². The first-order valence-electron chi connectivity index (χ1n) is 22.2. The normalized spacial score (nSPS) is 27.3. The molecule has 0 aromatic heterocycles. The SMILES string of the molecule is C1=CC[N-]C([N-]C2CCCC[N-]2)=C1.C1CCC([N-]C2CCCC[N-]2)[N-]C1.C1CCC([N-]C2CCCC[N-]2)[N-]C1.C1CCC([N-]C2CCCC[N-]2)[N-]C1.[Ag].[Ag].[C-]#N.[C-]#N.[C-]#N.[C-]#N.[Ni].[Ni].[Ni]. The van der Waals surface area contributed by atoms with Crippen LogP contribution in [0.3, 0.4) is 0 Å². The van der Waals surface area contributed by atoms with Gasteiger partial charge in [-0.25, -0.2) is 43.2 Å². The van der Waals surface area contributed by atoms with Crippen molar-refractivity contribution in [3.8, 4) is 0 Å². The average Bonchev–Trinajstić information content (AvgIpc) is 3.35. The molecule has 7 unspecified atom stereocenters. The van der Waals surface area contributed by atoms with E-state index in [-0.39, 0.29) is 137 Å². The first kappa shape index (κ1) is 73.6. The van der Waals surface area contributed by atoms with Gasteiger partial charge in [0.15, 0.2) is 0 Å². The Morgan fingerprint density at radius 2 is 0.600 bits per heavy atom. The Balaban J connectivity index is -0.000000228. The second-order valence-electron chi connectivity index (χ2n) is 15.0. The zero-order valence-corrected chi connectivity index (χ0v) is 43.4. The van der Waals surface area contributed by atoms with E-state index >= 15 is 0 Å². The molecule has 8 heterocycles. The van der Waals surface area contributed by atoms with Crippen molar-refractivity contribution < 1.29 is 94.2 Å². The van der Waals surface area contributed by atoms with Crippen molar-refractivity contribution in [3.63, 3.8) is 0 Å². The van der Waals surface area contributed by atoms with Crippen molar-refractivity contribution in [1.29, 1.82) is 21.0 Å². The monoisotopic (exact) mass is 1210 g/mol. The summed E-state index contributed by atoms with van der Waals surface area (Å²) in [5.41, 5.74) is 0. The van der Waals surface area contributed by atoms with Crippen LogP contribution >= 0.6 is 0 Å². The van der Waals surface area contributed by atoms with Crippen molar-refractivity contribution in [1.82, 2.24) is 0 Å². The van der Waals surface area contributed by atoms with Gasteiger partial charge >= 0.3 is 0 Å². The Morgan fingerprint density at radius 3 is 0.785 bits per heavy atom. The molecule has 16 nitrogen and oxygen atoms in total. The Hall–Kier alpha value is -0.399. The Bertz CT molecular complexity index is 978. The van der Waals surface area contributed by atoms with Crippen LogP contribution in [0.4, 0.5) is 0 Å². The zero-order valence-electron chi connectivity index (χ0n) is 37.5. The van der Waals surface area contributed by atoms with Crippen LogP contribution in [0.5, 0.6) is 0 Å². The van der Waals surface area contributed by atoms with E-state index in [9.17, 15) is 0 Å². The molecule has 8 rings (SSSR count). The standard InChI is InChI=1S/3C10H18N3.C10H14N3.4CN.2Ag.3Ni/c4*1-3-7-11-9(5-1)13-10-6-2-4-8-12-10;4*1-2;;;;;/h3*9-10H,1-8H2;1,3,5,10H,2,4,6-8H2;;;;;;;;;/q4*-3;4*-1;;;;;. The molecule has 8 aliphatic rings. The zero-order chi connectivity index (χ0) is 43.7. The summed E-state index contributed by atoms with van der Waals surface area (Å²) in [4.78, 5) is 0. The predicted octanol–water partition coefficient (Wildman–Crippen LogP) is 12.8. The third-order valence-electron chi connectivity index (χ3n) is 10.5. The van der Waals surface area contributed by atoms with Crippen LogP contribution in [0.1, 0.15) is 135 Å². The quantitative estimate of drug-likeness (QED) is 0.169. The summed E-state index contributed by atoms with van der Waals surface area (Å²) in [6.07, 6.45) is 33.7. The molecular formula is C44H68Ag2N16Ni3-16. The van der Waals surface area contributed by atoms with Crippen LogP contribution in [0.15, 0.2) is 24.0 Å². The third-order valence-corrected chi connectivity index (χ3v) is 10.5. The summed E-state index contributed by atoms with van der Waals surface area (Å²) < 4.78 is 0. The van der Waals surface area contributed by atoms with Crippen LogP contribution < -0.4 is 0 Å². The summed E-state index contributed by atoms with van der Waals surface area (Å²) in [6.45, 7) is 26.8. The van der Waals surface area contributed by atoms with E-state index in [1.807, 2.05) is 18.2 Å². The number of piperidine rings is 7. The molecule has 0 aromatic rings. The van der Waals surface area contributed by atoms with Gasteiger partial charge in [0.1, 0.15) is 0 Å². The molecular weight excluding hydrogens is 1140 g/mol. The molecule has 0 aliphatic carbocycles. The van der Waals surface area contributed by atoms with E-state index in [0.717, 1.165) is 103 Å². The maximum Gasteiger partial charge on any atom is 0 e. The molecule has 0 amide bonds. The van der Waals surface area contributed by atoms with E-state index in [1.165, 1.54) is 89.9 Å². The summed E-state index contributed by atoms with van der Waals surface area (Å²) >= 11 is 0. The Kier molecular flexibility index (Phi) is 61.7. The van der Waals surface area contributed by atoms with Gasteiger partial charge in [-0.3, -0.25) is 5.82 Å². The van der Waals surface area contributed by atoms with Crippen LogP contribution in [-0.4, -0.2) is 95.5 Å². The predicted molar refractivity (Wildman–Crippen MR) is 240 cm³/mol. The average molecular weight is 1210 g/mol. The largest absolute Gasteiger partial charge is 0.718 e. The topological polar surface area (TPSA) is 264 Å². The van der Waals surface area contributed by atoms with Gasteiger partial charge in [0, 0.05) is 94.2 Å². The molecule has 0 aromatic carbocycles. The molecule has 2 radical (unpaired) electrons. The van der Waals surface area contributed by atoms with Crippen molar-refractivity contribution >= 4 is 0 Å². The minimum absolute atomic E-state index is 0. The fourth-order valence-electron chi connectivity index (χ4n) is 7.47.